The number of carbonyl (C=O) groups excluding carboxylic acids is 2. The normalized spacial score (nSPS) is 14.4. The first-order valence-corrected chi connectivity index (χ1v) is 12.0. The maximum atomic E-state index is 13.0. The Kier molecular flexibility index (Phi) is 8.08. The van der Waals surface area contributed by atoms with E-state index in [1.54, 1.807) is 21.9 Å². The van der Waals surface area contributed by atoms with E-state index in [2.05, 4.69) is 4.98 Å². The van der Waals surface area contributed by atoms with Gasteiger partial charge in [-0.05, 0) is 31.4 Å². The number of hydrogen-bond donors (Lipinski definition) is 0. The van der Waals surface area contributed by atoms with E-state index in [0.29, 0.717) is 48.4 Å². The van der Waals surface area contributed by atoms with Crippen molar-refractivity contribution in [1.82, 2.24) is 14.8 Å². The Morgan fingerprint density at radius 1 is 1.25 bits per heavy atom. The first-order chi connectivity index (χ1) is 15.2. The third-order valence-corrected chi connectivity index (χ3v) is 6.90. The van der Waals surface area contributed by atoms with Crippen LogP contribution in [0.3, 0.4) is 0 Å². The number of rotatable bonds is 6. The van der Waals surface area contributed by atoms with Crippen molar-refractivity contribution in [2.24, 2.45) is 5.92 Å². The van der Waals surface area contributed by atoms with E-state index in [0.717, 1.165) is 5.69 Å². The molecule has 1 aromatic carbocycles. The Labute approximate surface area is 194 Å². The molecule has 172 valence electrons. The number of carbonyl (C=O) groups is 2. The molecule has 0 aliphatic carbocycles. The predicted molar refractivity (Wildman–Crippen MR) is 122 cm³/mol. The zero-order chi connectivity index (χ0) is 23.3. The molecule has 9 nitrogen and oxygen atoms in total. The topological polar surface area (TPSA) is 106 Å². The van der Waals surface area contributed by atoms with Crippen LogP contribution in [0.4, 0.5) is 10.5 Å². The van der Waals surface area contributed by atoms with Gasteiger partial charge in [0.1, 0.15) is 0 Å². The van der Waals surface area contributed by atoms with Crippen molar-refractivity contribution >= 4 is 40.8 Å². The highest BCUT2D eigenvalue weighted by molar-refractivity contribution is 8.01. The molecule has 0 spiro atoms. The quantitative estimate of drug-likeness (QED) is 0.446. The molecule has 1 aromatic heterocycles. The number of nitrogens with zero attached hydrogens (tertiary/aromatic N) is 4. The molecule has 3 rings (SSSR count). The summed E-state index contributed by atoms with van der Waals surface area (Å²) in [6, 6.07) is 4.53. The van der Waals surface area contributed by atoms with Crippen LogP contribution in [0.5, 0.6) is 0 Å². The van der Waals surface area contributed by atoms with Gasteiger partial charge in [-0.1, -0.05) is 25.6 Å². The molecule has 1 aliphatic rings. The van der Waals surface area contributed by atoms with E-state index < -0.39 is 4.92 Å². The molecule has 0 unspecified atom stereocenters. The molecule has 1 fully saturated rings. The number of nitro benzene ring substituents is 1. The average molecular weight is 479 g/mol. The first-order valence-electron chi connectivity index (χ1n) is 10.3. The van der Waals surface area contributed by atoms with E-state index in [1.807, 2.05) is 26.2 Å². The fourth-order valence-electron chi connectivity index (χ4n) is 3.17. The summed E-state index contributed by atoms with van der Waals surface area (Å²) in [5, 5.41) is 13.5. The summed E-state index contributed by atoms with van der Waals surface area (Å²) >= 11 is 2.63. The van der Waals surface area contributed by atoms with Crippen molar-refractivity contribution in [3.8, 4) is 0 Å². The van der Waals surface area contributed by atoms with Gasteiger partial charge in [-0.2, -0.15) is 0 Å². The zero-order valence-corrected chi connectivity index (χ0v) is 19.9. The van der Waals surface area contributed by atoms with Crippen LogP contribution in [-0.2, 0) is 4.74 Å². The standard InChI is InChI=1S/C21H26N4O5S2/c1-14(2)12-30-21(27)24-8-4-7-23(9-10-24)19(26)16-5-6-18(17(11-16)25(28)29)32-20-22-15(3)13-31-20/h5-6,11,13-14H,4,7-10,12H2,1-3H3. The summed E-state index contributed by atoms with van der Waals surface area (Å²) in [6.45, 7) is 7.84. The Bertz CT molecular complexity index is 994. The monoisotopic (exact) mass is 478 g/mol. The lowest BCUT2D eigenvalue weighted by Crippen LogP contribution is -2.38. The van der Waals surface area contributed by atoms with Gasteiger partial charge in [-0.25, -0.2) is 9.78 Å². The molecule has 2 heterocycles. The summed E-state index contributed by atoms with van der Waals surface area (Å²) in [5.41, 5.74) is 0.991. The van der Waals surface area contributed by atoms with Crippen LogP contribution in [0.2, 0.25) is 0 Å². The maximum absolute atomic E-state index is 13.0. The summed E-state index contributed by atoms with van der Waals surface area (Å²) in [6.07, 6.45) is 0.240. The Morgan fingerprint density at radius 2 is 1.97 bits per heavy atom. The lowest BCUT2D eigenvalue weighted by molar-refractivity contribution is -0.387. The van der Waals surface area contributed by atoms with Crippen molar-refractivity contribution < 1.29 is 19.2 Å². The van der Waals surface area contributed by atoms with Gasteiger partial charge < -0.3 is 14.5 Å². The molecule has 0 radical (unpaired) electrons. The highest BCUT2D eigenvalue weighted by Crippen LogP contribution is 2.37. The van der Waals surface area contributed by atoms with Crippen LogP contribution >= 0.6 is 23.1 Å². The van der Waals surface area contributed by atoms with E-state index in [4.69, 9.17) is 4.74 Å². The van der Waals surface area contributed by atoms with Gasteiger partial charge in [-0.15, -0.1) is 11.3 Å². The molecule has 0 bridgehead atoms. The highest BCUT2D eigenvalue weighted by Gasteiger charge is 2.26. The van der Waals surface area contributed by atoms with Gasteiger partial charge >= 0.3 is 6.09 Å². The minimum Gasteiger partial charge on any atom is -0.449 e. The first kappa shape index (κ1) is 24.0. The Morgan fingerprint density at radius 3 is 2.62 bits per heavy atom. The van der Waals surface area contributed by atoms with Crippen molar-refractivity contribution in [2.75, 3.05) is 32.8 Å². The van der Waals surface area contributed by atoms with Gasteiger partial charge in [0.15, 0.2) is 4.34 Å². The van der Waals surface area contributed by atoms with Gasteiger partial charge in [0.05, 0.1) is 16.4 Å². The summed E-state index contributed by atoms with van der Waals surface area (Å²) < 4.78 is 6.00. The van der Waals surface area contributed by atoms with Crippen molar-refractivity contribution in [3.05, 3.63) is 45.0 Å². The van der Waals surface area contributed by atoms with Gasteiger partial charge in [0, 0.05) is 48.9 Å². The molecule has 0 atom stereocenters. The second-order valence-corrected chi connectivity index (χ2v) is 10.0. The zero-order valence-electron chi connectivity index (χ0n) is 18.3. The smallest absolute Gasteiger partial charge is 0.409 e. The van der Waals surface area contributed by atoms with Crippen molar-refractivity contribution in [2.45, 2.75) is 36.4 Å². The summed E-state index contributed by atoms with van der Waals surface area (Å²) in [5.74, 6) is -0.0345. The summed E-state index contributed by atoms with van der Waals surface area (Å²) in [4.78, 5) is 44.4. The van der Waals surface area contributed by atoms with E-state index in [1.165, 1.54) is 29.2 Å². The lowest BCUT2D eigenvalue weighted by Gasteiger charge is -2.22. The lowest BCUT2D eigenvalue weighted by atomic mass is 10.1. The minimum absolute atomic E-state index is 0.123. The number of aromatic nitrogens is 1. The van der Waals surface area contributed by atoms with Gasteiger partial charge in [0.25, 0.3) is 11.6 Å². The molecule has 2 amide bonds. The Balaban J connectivity index is 1.69. The molecular weight excluding hydrogens is 452 g/mol. The highest BCUT2D eigenvalue weighted by atomic mass is 32.2. The van der Waals surface area contributed by atoms with Crippen LogP contribution in [-0.4, -0.2) is 64.5 Å². The van der Waals surface area contributed by atoms with E-state index in [9.17, 15) is 19.7 Å². The van der Waals surface area contributed by atoms with Crippen LogP contribution in [0, 0.1) is 23.0 Å². The van der Waals surface area contributed by atoms with Gasteiger partial charge in [-0.3, -0.25) is 14.9 Å². The number of ether oxygens (including phenoxy) is 1. The fraction of sp³-hybridized carbons (Fsp3) is 0.476. The molecule has 32 heavy (non-hydrogen) atoms. The summed E-state index contributed by atoms with van der Waals surface area (Å²) in [7, 11) is 0. The molecule has 2 aromatic rings. The largest absolute Gasteiger partial charge is 0.449 e. The van der Waals surface area contributed by atoms with Crippen LogP contribution in [0.25, 0.3) is 0 Å². The molecule has 0 N–H and O–H groups in total. The third kappa shape index (κ3) is 6.19. The molecule has 1 saturated heterocycles. The Hall–Kier alpha value is -2.66. The number of thiazole rings is 1. The molecular formula is C21H26N4O5S2. The second-order valence-electron chi connectivity index (χ2n) is 7.90. The van der Waals surface area contributed by atoms with Gasteiger partial charge in [0.2, 0.25) is 0 Å². The number of aryl methyl sites for hydroxylation is 1. The predicted octanol–water partition coefficient (Wildman–Crippen LogP) is 4.45. The molecule has 0 saturated carbocycles. The number of nitro groups is 1. The third-order valence-electron chi connectivity index (χ3n) is 4.78. The molecule has 1 aliphatic heterocycles. The van der Waals surface area contributed by atoms with Crippen LogP contribution in [0.15, 0.2) is 32.8 Å². The number of benzene rings is 1. The van der Waals surface area contributed by atoms with E-state index >= 15 is 0 Å². The van der Waals surface area contributed by atoms with Crippen molar-refractivity contribution in [1.29, 1.82) is 0 Å². The average Bonchev–Trinajstić information content (AvgIpc) is 3.01. The minimum atomic E-state index is -0.478. The van der Waals surface area contributed by atoms with Crippen LogP contribution in [0.1, 0.15) is 36.3 Å². The van der Waals surface area contributed by atoms with Crippen molar-refractivity contribution in [3.63, 3.8) is 0 Å². The van der Waals surface area contributed by atoms with E-state index in [-0.39, 0.29) is 29.2 Å². The fourth-order valence-corrected chi connectivity index (χ4v) is 5.05. The SMILES string of the molecule is Cc1csc(Sc2ccc(C(=O)N3CCCN(C(=O)OCC(C)C)CC3)cc2[N+](=O)[O-])n1. The number of hydrogen-bond acceptors (Lipinski definition) is 8. The number of amides is 2. The van der Waals surface area contributed by atoms with Crippen LogP contribution < -0.4 is 0 Å². The second kappa shape index (κ2) is 10.8. The molecule has 11 heteroatoms. The maximum Gasteiger partial charge on any atom is 0.409 e.